The average molecular weight is 256 g/mol. The highest BCUT2D eigenvalue weighted by Gasteiger charge is 2.36. The predicted molar refractivity (Wildman–Crippen MR) is 77.5 cm³/mol. The number of rotatable bonds is 8. The van der Waals surface area contributed by atoms with Gasteiger partial charge in [-0.1, -0.05) is 33.6 Å². The Bertz CT molecular complexity index is 254. The molecule has 0 N–H and O–H groups in total. The molecule has 2 heteroatoms. The highest BCUT2D eigenvalue weighted by Crippen LogP contribution is 2.32. The lowest BCUT2D eigenvalue weighted by Gasteiger charge is -2.36. The van der Waals surface area contributed by atoms with Crippen LogP contribution in [0.4, 0.5) is 0 Å². The third-order valence-electron chi connectivity index (χ3n) is 4.17. The molecule has 0 fully saturated rings. The summed E-state index contributed by atoms with van der Waals surface area (Å²) in [6.45, 7) is 14.4. The fourth-order valence-electron chi connectivity index (χ4n) is 2.10. The maximum absolute atomic E-state index is 12.2. The Balaban J connectivity index is 4.65. The number of esters is 1. The lowest BCUT2D eigenvalue weighted by atomic mass is 9.83. The Hall–Kier alpha value is -0.530. The van der Waals surface area contributed by atoms with E-state index in [2.05, 4.69) is 27.7 Å². The minimum absolute atomic E-state index is 0.0649. The van der Waals surface area contributed by atoms with Crippen LogP contribution in [-0.2, 0) is 9.53 Å². The fourth-order valence-corrected chi connectivity index (χ4v) is 2.10. The van der Waals surface area contributed by atoms with E-state index in [4.69, 9.17) is 4.74 Å². The highest BCUT2D eigenvalue weighted by atomic mass is 16.6. The Kier molecular flexibility index (Phi) is 6.94. The first-order valence-electron chi connectivity index (χ1n) is 7.44. The van der Waals surface area contributed by atoms with Crippen LogP contribution in [0.1, 0.15) is 80.6 Å². The topological polar surface area (TPSA) is 26.3 Å². The van der Waals surface area contributed by atoms with Gasteiger partial charge in [-0.15, -0.1) is 0 Å². The summed E-state index contributed by atoms with van der Waals surface area (Å²) in [5.41, 5.74) is -0.728. The van der Waals surface area contributed by atoms with Crippen molar-refractivity contribution in [2.24, 2.45) is 11.3 Å². The normalized spacial score (nSPS) is 14.4. The molecule has 0 aliphatic rings. The van der Waals surface area contributed by atoms with Gasteiger partial charge in [0.1, 0.15) is 5.60 Å². The minimum atomic E-state index is -0.375. The molecule has 0 aromatic rings. The van der Waals surface area contributed by atoms with E-state index in [-0.39, 0.29) is 17.0 Å². The fraction of sp³-hybridized carbons (Fsp3) is 0.938. The number of unbranched alkanes of at least 4 members (excludes halogenated alkanes) is 1. The predicted octanol–water partition coefficient (Wildman–Crippen LogP) is 4.96. The molecule has 0 bridgehead atoms. The van der Waals surface area contributed by atoms with E-state index >= 15 is 0 Å². The number of ether oxygens (including phenoxy) is 1. The molecule has 1 unspecified atom stereocenters. The molecule has 1 atom stereocenters. The van der Waals surface area contributed by atoms with Gasteiger partial charge in [0.15, 0.2) is 0 Å². The van der Waals surface area contributed by atoms with E-state index in [1.807, 2.05) is 20.8 Å². The van der Waals surface area contributed by atoms with Gasteiger partial charge < -0.3 is 4.74 Å². The van der Waals surface area contributed by atoms with E-state index in [0.717, 1.165) is 19.3 Å². The monoisotopic (exact) mass is 256 g/mol. The Morgan fingerprint density at radius 3 is 2.06 bits per heavy atom. The minimum Gasteiger partial charge on any atom is -0.459 e. The van der Waals surface area contributed by atoms with Crippen molar-refractivity contribution in [3.63, 3.8) is 0 Å². The quantitative estimate of drug-likeness (QED) is 0.574. The second kappa shape index (κ2) is 7.16. The van der Waals surface area contributed by atoms with Crippen LogP contribution < -0.4 is 0 Å². The van der Waals surface area contributed by atoms with Crippen LogP contribution in [-0.4, -0.2) is 11.6 Å². The van der Waals surface area contributed by atoms with E-state index < -0.39 is 0 Å². The van der Waals surface area contributed by atoms with Gasteiger partial charge in [-0.25, -0.2) is 0 Å². The molecule has 0 saturated carbocycles. The van der Waals surface area contributed by atoms with Crippen LogP contribution in [0.25, 0.3) is 0 Å². The lowest BCUT2D eigenvalue weighted by molar-refractivity contribution is -0.173. The van der Waals surface area contributed by atoms with Crippen LogP contribution in [0.2, 0.25) is 0 Å². The summed E-state index contributed by atoms with van der Waals surface area (Å²) >= 11 is 0. The number of hydrogen-bond donors (Lipinski definition) is 0. The largest absolute Gasteiger partial charge is 0.459 e. The smallest absolute Gasteiger partial charge is 0.312 e. The van der Waals surface area contributed by atoms with Crippen molar-refractivity contribution in [3.8, 4) is 0 Å². The molecule has 18 heavy (non-hydrogen) atoms. The van der Waals surface area contributed by atoms with Gasteiger partial charge in [-0.3, -0.25) is 4.79 Å². The summed E-state index contributed by atoms with van der Waals surface area (Å²) < 4.78 is 5.80. The van der Waals surface area contributed by atoms with Crippen LogP contribution in [0.15, 0.2) is 0 Å². The van der Waals surface area contributed by atoms with Crippen molar-refractivity contribution in [3.05, 3.63) is 0 Å². The molecule has 0 aromatic heterocycles. The van der Waals surface area contributed by atoms with Gasteiger partial charge in [0.2, 0.25) is 0 Å². The van der Waals surface area contributed by atoms with Gasteiger partial charge in [-0.05, 0) is 52.9 Å². The van der Waals surface area contributed by atoms with Crippen LogP contribution in [0.5, 0.6) is 0 Å². The van der Waals surface area contributed by atoms with E-state index in [1.165, 1.54) is 12.8 Å². The summed E-state index contributed by atoms with van der Waals surface area (Å²) in [5, 5.41) is 0. The van der Waals surface area contributed by atoms with Gasteiger partial charge in [-0.2, -0.15) is 0 Å². The van der Waals surface area contributed by atoms with E-state index in [9.17, 15) is 4.79 Å². The Morgan fingerprint density at radius 2 is 1.67 bits per heavy atom. The Labute approximate surface area is 113 Å². The summed E-state index contributed by atoms with van der Waals surface area (Å²) in [4.78, 5) is 12.2. The molecule has 0 rings (SSSR count). The third kappa shape index (κ3) is 4.99. The summed E-state index contributed by atoms with van der Waals surface area (Å²) in [7, 11) is 0. The molecule has 0 heterocycles. The van der Waals surface area contributed by atoms with Crippen LogP contribution in [0, 0.1) is 11.3 Å². The highest BCUT2D eigenvalue weighted by molar-refractivity contribution is 5.76. The number of carbonyl (C=O) groups excluding carboxylic acids is 1. The first-order valence-corrected chi connectivity index (χ1v) is 7.44. The van der Waals surface area contributed by atoms with E-state index in [1.54, 1.807) is 0 Å². The summed E-state index contributed by atoms with van der Waals surface area (Å²) in [5.74, 6) is 0.388. The zero-order chi connectivity index (χ0) is 14.4. The van der Waals surface area contributed by atoms with Gasteiger partial charge >= 0.3 is 5.97 Å². The van der Waals surface area contributed by atoms with Gasteiger partial charge in [0.25, 0.3) is 0 Å². The van der Waals surface area contributed by atoms with Gasteiger partial charge in [0.05, 0.1) is 5.41 Å². The maximum Gasteiger partial charge on any atom is 0.312 e. The van der Waals surface area contributed by atoms with Crippen molar-refractivity contribution in [2.75, 3.05) is 0 Å². The number of hydrogen-bond acceptors (Lipinski definition) is 2. The third-order valence-corrected chi connectivity index (χ3v) is 4.17. The molecule has 0 aliphatic heterocycles. The van der Waals surface area contributed by atoms with Crippen molar-refractivity contribution in [1.82, 2.24) is 0 Å². The molecular weight excluding hydrogens is 224 g/mol. The molecule has 2 nitrogen and oxygen atoms in total. The lowest BCUT2D eigenvalue weighted by Crippen LogP contribution is -2.40. The Morgan fingerprint density at radius 1 is 1.11 bits per heavy atom. The second-order valence-corrected chi connectivity index (χ2v) is 6.48. The SMILES string of the molecule is CCCCC(CC)C(C)(C)OC(=O)C(C)(C)CC. The van der Waals surface area contributed by atoms with Crippen molar-refractivity contribution < 1.29 is 9.53 Å². The summed E-state index contributed by atoms with van der Waals surface area (Å²) in [6.07, 6.45) is 5.41. The zero-order valence-corrected chi connectivity index (χ0v) is 13.4. The first-order chi connectivity index (χ1) is 8.21. The van der Waals surface area contributed by atoms with Gasteiger partial charge in [0, 0.05) is 0 Å². The molecular formula is C16H32O2. The summed E-state index contributed by atoms with van der Waals surface area (Å²) in [6, 6.07) is 0. The molecule has 0 aliphatic carbocycles. The molecule has 0 aromatic carbocycles. The molecule has 0 saturated heterocycles. The first kappa shape index (κ1) is 17.5. The average Bonchev–Trinajstić information content (AvgIpc) is 2.29. The van der Waals surface area contributed by atoms with Crippen molar-refractivity contribution >= 4 is 5.97 Å². The maximum atomic E-state index is 12.2. The molecule has 0 amide bonds. The zero-order valence-electron chi connectivity index (χ0n) is 13.4. The van der Waals surface area contributed by atoms with Crippen molar-refractivity contribution in [2.45, 2.75) is 86.2 Å². The standard InChI is InChI=1S/C16H32O2/c1-8-11-12-13(9-2)16(6,7)18-14(17)15(4,5)10-3/h13H,8-12H2,1-7H3. The van der Waals surface area contributed by atoms with Crippen molar-refractivity contribution in [1.29, 1.82) is 0 Å². The van der Waals surface area contributed by atoms with Crippen LogP contribution >= 0.6 is 0 Å². The molecule has 0 radical (unpaired) electrons. The molecule has 108 valence electrons. The second-order valence-electron chi connectivity index (χ2n) is 6.48. The van der Waals surface area contributed by atoms with Crippen LogP contribution in [0.3, 0.4) is 0 Å². The van der Waals surface area contributed by atoms with E-state index in [0.29, 0.717) is 5.92 Å². The number of carbonyl (C=O) groups is 1. The molecule has 0 spiro atoms.